The predicted octanol–water partition coefficient (Wildman–Crippen LogP) is 3.17. The van der Waals surface area contributed by atoms with Crippen molar-refractivity contribution in [2.75, 3.05) is 26.0 Å². The third-order valence-corrected chi connectivity index (χ3v) is 6.74. The molecule has 0 fully saturated rings. The van der Waals surface area contributed by atoms with E-state index in [1.165, 1.54) is 4.88 Å². The lowest BCUT2D eigenvalue weighted by Crippen LogP contribution is -3.08. The van der Waals surface area contributed by atoms with Crippen LogP contribution in [-0.4, -0.2) is 26.6 Å². The number of anilines is 1. The van der Waals surface area contributed by atoms with Crippen LogP contribution in [0.25, 0.3) is 0 Å². The van der Waals surface area contributed by atoms with Gasteiger partial charge in [-0.2, -0.15) is 5.26 Å². The molecule has 0 bridgehead atoms. The zero-order valence-corrected chi connectivity index (χ0v) is 18.8. The molecule has 2 N–H and O–H groups in total. The fourth-order valence-corrected chi connectivity index (χ4v) is 5.46. The largest absolute Gasteiger partial charge is 0.496 e. The summed E-state index contributed by atoms with van der Waals surface area (Å²) in [6.07, 6.45) is 3.03. The fraction of sp³-hybridized carbons (Fsp3) is 0.429. The van der Waals surface area contributed by atoms with Crippen LogP contribution in [0.15, 0.2) is 22.7 Å². The van der Waals surface area contributed by atoms with Crippen molar-refractivity contribution in [1.82, 2.24) is 0 Å². The summed E-state index contributed by atoms with van der Waals surface area (Å²) in [6, 6.07) is 8.18. The van der Waals surface area contributed by atoms with Crippen molar-refractivity contribution in [3.05, 3.63) is 44.2 Å². The van der Waals surface area contributed by atoms with Crippen molar-refractivity contribution in [1.29, 1.82) is 5.26 Å². The number of carbonyl (C=O) groups excluding carboxylic acids is 1. The number of rotatable bonds is 6. The Kier molecular flexibility index (Phi) is 6.76. The zero-order valence-electron chi connectivity index (χ0n) is 16.4. The van der Waals surface area contributed by atoms with E-state index in [0.29, 0.717) is 29.6 Å². The minimum absolute atomic E-state index is 0.0744. The Bertz CT molecular complexity index is 919. The summed E-state index contributed by atoms with van der Waals surface area (Å²) in [7, 11) is 3.63. The molecule has 0 saturated carbocycles. The van der Waals surface area contributed by atoms with Crippen molar-refractivity contribution in [2.45, 2.75) is 32.7 Å². The van der Waals surface area contributed by atoms with Crippen LogP contribution in [0.4, 0.5) is 5.00 Å². The first-order valence-corrected chi connectivity index (χ1v) is 11.0. The lowest BCUT2D eigenvalue weighted by Gasteiger charge is -2.17. The van der Waals surface area contributed by atoms with E-state index in [-0.39, 0.29) is 5.91 Å². The van der Waals surface area contributed by atoms with Gasteiger partial charge in [0.25, 0.3) is 5.91 Å². The number of carbonyl (C=O) groups is 1. The van der Waals surface area contributed by atoms with Gasteiger partial charge in [-0.3, -0.25) is 4.79 Å². The third kappa shape index (κ3) is 4.75. The average molecular weight is 463 g/mol. The molecule has 1 amide bonds. The van der Waals surface area contributed by atoms with Crippen molar-refractivity contribution in [3.8, 4) is 11.8 Å². The molecule has 1 aliphatic rings. The summed E-state index contributed by atoms with van der Waals surface area (Å²) >= 11 is 5.05. The molecule has 2 aromatic rings. The molecule has 1 aliphatic carbocycles. The van der Waals surface area contributed by atoms with Gasteiger partial charge in [0, 0.05) is 14.9 Å². The minimum Gasteiger partial charge on any atom is -0.496 e. The summed E-state index contributed by atoms with van der Waals surface area (Å²) < 4.78 is 6.40. The number of thiophene rings is 1. The Morgan fingerprint density at radius 3 is 3.00 bits per heavy atom. The first-order chi connectivity index (χ1) is 13.4. The van der Waals surface area contributed by atoms with Gasteiger partial charge in [0.1, 0.15) is 23.4 Å². The highest BCUT2D eigenvalue weighted by atomic mass is 79.9. The summed E-state index contributed by atoms with van der Waals surface area (Å²) in [4.78, 5) is 14.9. The van der Waals surface area contributed by atoms with Gasteiger partial charge in [0.2, 0.25) is 0 Å². The Balaban J connectivity index is 1.66. The fourth-order valence-electron chi connectivity index (χ4n) is 3.67. The maximum atomic E-state index is 12.6. The van der Waals surface area contributed by atoms with Gasteiger partial charge in [0.05, 0.1) is 19.7 Å². The van der Waals surface area contributed by atoms with Crippen molar-refractivity contribution in [3.63, 3.8) is 0 Å². The van der Waals surface area contributed by atoms with Gasteiger partial charge in [-0.1, -0.05) is 22.9 Å². The van der Waals surface area contributed by atoms with Crippen molar-refractivity contribution in [2.24, 2.45) is 5.92 Å². The van der Waals surface area contributed by atoms with Crippen molar-refractivity contribution >= 4 is 38.2 Å². The van der Waals surface area contributed by atoms with Gasteiger partial charge in [-0.15, -0.1) is 11.3 Å². The lowest BCUT2D eigenvalue weighted by atomic mass is 9.89. The number of halogens is 1. The Labute approximate surface area is 178 Å². The quantitative estimate of drug-likeness (QED) is 0.692. The van der Waals surface area contributed by atoms with Crippen LogP contribution in [-0.2, 0) is 24.2 Å². The van der Waals surface area contributed by atoms with E-state index < -0.39 is 0 Å². The molecule has 2 atom stereocenters. The van der Waals surface area contributed by atoms with Crippen LogP contribution in [0.2, 0.25) is 0 Å². The van der Waals surface area contributed by atoms with Gasteiger partial charge in [-0.05, 0) is 48.9 Å². The maximum Gasteiger partial charge on any atom is 0.280 e. The number of hydrogen-bond acceptors (Lipinski definition) is 4. The molecule has 1 aromatic carbocycles. The van der Waals surface area contributed by atoms with Gasteiger partial charge in [-0.25, -0.2) is 0 Å². The summed E-state index contributed by atoms with van der Waals surface area (Å²) in [5, 5.41) is 13.3. The standard InChI is InChI=1S/C21H24BrN3O2S/c1-13-4-6-16-17(10-23)21(28-19(16)8-13)24-20(26)12-25(2)11-14-9-15(22)5-7-18(14)27-3/h5,7,9,13H,4,6,8,11-12H2,1-3H3,(H,24,26)/p+1/t13-/m0/s1. The smallest absolute Gasteiger partial charge is 0.280 e. The van der Waals surface area contributed by atoms with Crippen LogP contribution in [0.1, 0.15) is 34.9 Å². The zero-order chi connectivity index (χ0) is 20.3. The number of ether oxygens (including phenoxy) is 1. The number of amides is 1. The molecule has 1 aromatic heterocycles. The number of hydrogen-bond donors (Lipinski definition) is 2. The second-order valence-electron chi connectivity index (χ2n) is 7.48. The lowest BCUT2D eigenvalue weighted by molar-refractivity contribution is -0.885. The molecular formula is C21H25BrN3O2S+. The molecule has 148 valence electrons. The summed E-state index contributed by atoms with van der Waals surface area (Å²) in [6.45, 7) is 3.22. The van der Waals surface area contributed by atoms with Crippen LogP contribution in [0.3, 0.4) is 0 Å². The number of nitrogens with zero attached hydrogens (tertiary/aromatic N) is 1. The van der Waals surface area contributed by atoms with Gasteiger partial charge >= 0.3 is 0 Å². The third-order valence-electron chi connectivity index (χ3n) is 5.07. The number of methoxy groups -OCH3 is 1. The summed E-state index contributed by atoms with van der Waals surface area (Å²) in [5.41, 5.74) is 2.84. The number of fused-ring (bicyclic) bond motifs is 1. The molecule has 0 radical (unpaired) electrons. The molecule has 0 saturated heterocycles. The molecule has 7 heteroatoms. The normalized spacial score (nSPS) is 16.8. The summed E-state index contributed by atoms with van der Waals surface area (Å²) in [5.74, 6) is 1.38. The molecule has 1 heterocycles. The number of nitriles is 1. The molecule has 0 spiro atoms. The SMILES string of the molecule is COc1ccc(Br)cc1C[NH+](C)CC(=O)Nc1sc2c(c1C#N)CC[C@H](C)C2. The second-order valence-corrected chi connectivity index (χ2v) is 9.50. The number of quaternary nitrogens is 1. The van der Waals surface area contributed by atoms with E-state index in [0.717, 1.165) is 45.5 Å². The van der Waals surface area contributed by atoms with Gasteiger partial charge in [0.15, 0.2) is 6.54 Å². The Hall–Kier alpha value is -1.88. The van der Waals surface area contributed by atoms with Crippen LogP contribution in [0, 0.1) is 17.2 Å². The van der Waals surface area contributed by atoms with Gasteiger partial charge < -0.3 is 15.0 Å². The van der Waals surface area contributed by atoms with E-state index >= 15 is 0 Å². The van der Waals surface area contributed by atoms with E-state index in [1.807, 2.05) is 25.2 Å². The molecule has 5 nitrogen and oxygen atoms in total. The molecule has 3 rings (SSSR count). The van der Waals surface area contributed by atoms with E-state index in [4.69, 9.17) is 4.74 Å². The molecule has 28 heavy (non-hydrogen) atoms. The molecule has 0 aliphatic heterocycles. The molecule has 1 unspecified atom stereocenters. The highest BCUT2D eigenvalue weighted by molar-refractivity contribution is 9.10. The second kappa shape index (κ2) is 9.08. The monoisotopic (exact) mass is 462 g/mol. The van der Waals surface area contributed by atoms with Crippen LogP contribution in [0.5, 0.6) is 5.75 Å². The Morgan fingerprint density at radius 1 is 1.50 bits per heavy atom. The highest BCUT2D eigenvalue weighted by Gasteiger charge is 2.25. The number of benzene rings is 1. The average Bonchev–Trinajstić information content (AvgIpc) is 2.97. The highest BCUT2D eigenvalue weighted by Crippen LogP contribution is 2.39. The maximum absolute atomic E-state index is 12.6. The van der Waals surface area contributed by atoms with Crippen molar-refractivity contribution < 1.29 is 14.4 Å². The predicted molar refractivity (Wildman–Crippen MR) is 115 cm³/mol. The topological polar surface area (TPSA) is 66.6 Å². The first-order valence-electron chi connectivity index (χ1n) is 9.39. The number of likely N-dealkylation sites (N-methyl/N-ethyl adjacent to an activating group) is 1. The van der Waals surface area contributed by atoms with E-state index in [2.05, 4.69) is 34.2 Å². The number of nitrogens with one attached hydrogen (secondary N) is 2. The van der Waals surface area contributed by atoms with E-state index in [9.17, 15) is 10.1 Å². The Morgan fingerprint density at radius 2 is 2.29 bits per heavy atom. The van der Waals surface area contributed by atoms with E-state index in [1.54, 1.807) is 18.4 Å². The molecular weight excluding hydrogens is 438 g/mol. The minimum atomic E-state index is -0.0744. The van der Waals surface area contributed by atoms with Crippen LogP contribution < -0.4 is 15.0 Å². The van der Waals surface area contributed by atoms with Crippen LogP contribution >= 0.6 is 27.3 Å². The first kappa shape index (κ1) is 20.8.